The van der Waals surface area contributed by atoms with E-state index in [0.29, 0.717) is 12.1 Å². The minimum absolute atomic E-state index is 0.000690. The summed E-state index contributed by atoms with van der Waals surface area (Å²) in [6, 6.07) is 9.93. The smallest absolute Gasteiger partial charge is 0.335 e. The van der Waals surface area contributed by atoms with Crippen LogP contribution in [0.3, 0.4) is 0 Å². The molecule has 2 aromatic rings. The molecule has 1 aromatic heterocycles. The van der Waals surface area contributed by atoms with Gasteiger partial charge in [0.15, 0.2) is 0 Å². The van der Waals surface area contributed by atoms with E-state index in [-0.39, 0.29) is 52.5 Å². The molecule has 1 saturated carbocycles. The molecule has 0 radical (unpaired) electrons. The van der Waals surface area contributed by atoms with E-state index in [1.165, 1.54) is 16.7 Å². The van der Waals surface area contributed by atoms with Crippen LogP contribution in [-0.4, -0.2) is 40.0 Å². The molecule has 2 heterocycles. The minimum atomic E-state index is -4.35. The van der Waals surface area contributed by atoms with E-state index in [1.807, 2.05) is 11.0 Å². The van der Waals surface area contributed by atoms with Gasteiger partial charge in [-0.2, -0.15) is 13.2 Å². The summed E-state index contributed by atoms with van der Waals surface area (Å²) in [5.74, 6) is -0.380. The van der Waals surface area contributed by atoms with Gasteiger partial charge in [-0.25, -0.2) is 0 Å². The summed E-state index contributed by atoms with van der Waals surface area (Å²) in [6.07, 6.45) is 4.28. The Morgan fingerprint density at radius 1 is 1.22 bits per heavy atom. The second kappa shape index (κ2) is 9.31. The number of pyridine rings is 1. The number of amides is 1. The summed E-state index contributed by atoms with van der Waals surface area (Å²) in [7, 11) is 1.69. The van der Waals surface area contributed by atoms with Crippen molar-refractivity contribution < 1.29 is 18.0 Å². The standard InChI is InChI=1S/C23H26F3N3O2S/c1-28-10-8-16(12-21(28)30)19-7-9-27-13-20(19)22(31)29(17-5-6-17)14-15-3-2-4-18(11-15)32-23(24,25)26/h2-4,8,10-12,17,19-20,27H,5-7,9,13-14H2,1H3. The molecule has 1 N–H and O–H groups in total. The van der Waals surface area contributed by atoms with Gasteiger partial charge in [0.05, 0.1) is 5.92 Å². The summed E-state index contributed by atoms with van der Waals surface area (Å²) in [4.78, 5) is 27.7. The molecule has 2 aliphatic rings. The van der Waals surface area contributed by atoms with Crippen LogP contribution in [0.4, 0.5) is 13.2 Å². The first-order valence-corrected chi connectivity index (χ1v) is 11.6. The lowest BCUT2D eigenvalue weighted by Crippen LogP contribution is -2.47. The Kier molecular flexibility index (Phi) is 6.67. The monoisotopic (exact) mass is 465 g/mol. The van der Waals surface area contributed by atoms with E-state index < -0.39 is 5.51 Å². The molecule has 1 aliphatic heterocycles. The van der Waals surface area contributed by atoms with Crippen LogP contribution in [0.5, 0.6) is 0 Å². The number of piperidine rings is 1. The van der Waals surface area contributed by atoms with Crippen molar-refractivity contribution in [2.75, 3.05) is 13.1 Å². The largest absolute Gasteiger partial charge is 0.446 e. The molecule has 0 bridgehead atoms. The van der Waals surface area contributed by atoms with Crippen molar-refractivity contribution in [1.29, 1.82) is 0 Å². The van der Waals surface area contributed by atoms with E-state index in [2.05, 4.69) is 5.32 Å². The Labute approximate surface area is 189 Å². The van der Waals surface area contributed by atoms with Gasteiger partial charge in [-0.05, 0) is 72.8 Å². The number of carbonyl (C=O) groups excluding carboxylic acids is 1. The molecule has 172 valence electrons. The lowest BCUT2D eigenvalue weighted by atomic mass is 9.80. The van der Waals surface area contributed by atoms with E-state index in [1.54, 1.807) is 31.4 Å². The third-order valence-corrected chi connectivity index (χ3v) is 6.83. The Balaban J connectivity index is 1.55. The highest BCUT2D eigenvalue weighted by atomic mass is 32.2. The molecule has 1 saturated heterocycles. The summed E-state index contributed by atoms with van der Waals surface area (Å²) in [5.41, 5.74) is -2.90. The number of hydrogen-bond acceptors (Lipinski definition) is 4. The predicted molar refractivity (Wildman–Crippen MR) is 117 cm³/mol. The maximum Gasteiger partial charge on any atom is 0.446 e. The molecule has 9 heteroatoms. The molecular weight excluding hydrogens is 439 g/mol. The van der Waals surface area contributed by atoms with Gasteiger partial charge >= 0.3 is 5.51 Å². The second-order valence-corrected chi connectivity index (χ2v) is 9.65. The van der Waals surface area contributed by atoms with Crippen LogP contribution in [-0.2, 0) is 18.4 Å². The van der Waals surface area contributed by atoms with Crippen LogP contribution in [0.1, 0.15) is 36.3 Å². The maximum absolute atomic E-state index is 13.7. The Hall–Kier alpha value is -2.26. The lowest BCUT2D eigenvalue weighted by molar-refractivity contribution is -0.138. The van der Waals surface area contributed by atoms with Crippen LogP contribution in [0.2, 0.25) is 0 Å². The Morgan fingerprint density at radius 3 is 2.69 bits per heavy atom. The first-order chi connectivity index (χ1) is 15.2. The van der Waals surface area contributed by atoms with Gasteiger partial charge < -0.3 is 14.8 Å². The summed E-state index contributed by atoms with van der Waals surface area (Å²) < 4.78 is 39.8. The van der Waals surface area contributed by atoms with Gasteiger partial charge in [-0.1, -0.05) is 12.1 Å². The average molecular weight is 466 g/mol. The van der Waals surface area contributed by atoms with Gasteiger partial charge in [0.2, 0.25) is 5.91 Å². The Bertz CT molecular complexity index is 1040. The van der Waals surface area contributed by atoms with Crippen molar-refractivity contribution in [1.82, 2.24) is 14.8 Å². The van der Waals surface area contributed by atoms with Gasteiger partial charge in [0.25, 0.3) is 5.56 Å². The minimum Gasteiger partial charge on any atom is -0.335 e. The quantitative estimate of drug-likeness (QED) is 0.658. The zero-order valence-corrected chi connectivity index (χ0v) is 18.6. The van der Waals surface area contributed by atoms with Crippen LogP contribution in [0.25, 0.3) is 0 Å². The molecule has 5 nitrogen and oxygen atoms in total. The highest BCUT2D eigenvalue weighted by Gasteiger charge is 2.40. The van der Waals surface area contributed by atoms with E-state index in [9.17, 15) is 22.8 Å². The molecular formula is C23H26F3N3O2S. The summed E-state index contributed by atoms with van der Waals surface area (Å²) in [5, 5.41) is 3.30. The molecule has 2 unspecified atom stereocenters. The number of nitrogens with zero attached hydrogens (tertiary/aromatic N) is 2. The number of halogens is 3. The van der Waals surface area contributed by atoms with E-state index in [0.717, 1.165) is 31.4 Å². The number of aryl methyl sites for hydroxylation is 1. The molecule has 4 rings (SSSR count). The predicted octanol–water partition coefficient (Wildman–Crippen LogP) is 3.88. The second-order valence-electron chi connectivity index (χ2n) is 8.51. The first kappa shape index (κ1) is 22.9. The van der Waals surface area contributed by atoms with Crippen molar-refractivity contribution in [2.24, 2.45) is 13.0 Å². The van der Waals surface area contributed by atoms with Crippen LogP contribution in [0.15, 0.2) is 52.3 Å². The molecule has 1 aromatic carbocycles. The summed E-state index contributed by atoms with van der Waals surface area (Å²) >= 11 is -0.142. The zero-order chi connectivity index (χ0) is 22.9. The Morgan fingerprint density at radius 2 is 2.00 bits per heavy atom. The average Bonchev–Trinajstić information content (AvgIpc) is 3.58. The van der Waals surface area contributed by atoms with Crippen LogP contribution in [0, 0.1) is 5.92 Å². The van der Waals surface area contributed by atoms with Gasteiger partial charge in [-0.3, -0.25) is 9.59 Å². The highest BCUT2D eigenvalue weighted by molar-refractivity contribution is 8.00. The van der Waals surface area contributed by atoms with E-state index >= 15 is 0 Å². The highest BCUT2D eigenvalue weighted by Crippen LogP contribution is 2.38. The van der Waals surface area contributed by atoms with Gasteiger partial charge in [0, 0.05) is 43.3 Å². The number of aromatic nitrogens is 1. The topological polar surface area (TPSA) is 54.3 Å². The number of hydrogen-bond donors (Lipinski definition) is 1. The van der Waals surface area contributed by atoms with Gasteiger partial charge in [-0.15, -0.1) is 0 Å². The van der Waals surface area contributed by atoms with Crippen molar-refractivity contribution in [3.8, 4) is 0 Å². The fourth-order valence-corrected chi connectivity index (χ4v) is 4.96. The summed E-state index contributed by atoms with van der Waals surface area (Å²) in [6.45, 7) is 1.57. The number of carbonyl (C=O) groups is 1. The molecule has 1 amide bonds. The van der Waals surface area contributed by atoms with Crippen molar-refractivity contribution in [3.05, 3.63) is 64.1 Å². The van der Waals surface area contributed by atoms with Gasteiger partial charge in [0.1, 0.15) is 0 Å². The first-order valence-electron chi connectivity index (χ1n) is 10.7. The fraction of sp³-hybridized carbons (Fsp3) is 0.478. The van der Waals surface area contributed by atoms with Crippen molar-refractivity contribution in [2.45, 2.75) is 48.2 Å². The third kappa shape index (κ3) is 5.56. The molecule has 2 fully saturated rings. The molecule has 0 spiro atoms. The number of nitrogens with one attached hydrogen (secondary N) is 1. The molecule has 1 aliphatic carbocycles. The van der Waals surface area contributed by atoms with Crippen LogP contribution >= 0.6 is 11.8 Å². The van der Waals surface area contributed by atoms with Crippen LogP contribution < -0.4 is 10.9 Å². The number of alkyl halides is 3. The normalized spacial score (nSPS) is 21.4. The lowest BCUT2D eigenvalue weighted by Gasteiger charge is -2.35. The van der Waals surface area contributed by atoms with Crippen molar-refractivity contribution >= 4 is 17.7 Å². The third-order valence-electron chi connectivity index (χ3n) is 6.11. The fourth-order valence-electron chi connectivity index (χ4n) is 4.34. The SMILES string of the molecule is Cn1ccc(C2CCNCC2C(=O)N(Cc2cccc(SC(F)(F)F)c2)C2CC2)cc1=O. The number of benzene rings is 1. The number of thioether (sulfide) groups is 1. The van der Waals surface area contributed by atoms with Crippen molar-refractivity contribution in [3.63, 3.8) is 0 Å². The van der Waals surface area contributed by atoms with E-state index in [4.69, 9.17) is 0 Å². The molecule has 32 heavy (non-hydrogen) atoms. The zero-order valence-electron chi connectivity index (χ0n) is 17.8. The number of rotatable bonds is 6. The maximum atomic E-state index is 13.7. The molecule has 2 atom stereocenters.